The van der Waals surface area contributed by atoms with E-state index < -0.39 is 18.0 Å². The molecule has 104 valence electrons. The van der Waals surface area contributed by atoms with E-state index in [0.717, 1.165) is 32.1 Å². The Morgan fingerprint density at radius 3 is 2.68 bits per heavy atom. The Labute approximate surface area is 115 Å². The molecule has 3 N–H and O–H groups in total. The fourth-order valence-electron chi connectivity index (χ4n) is 2.41. The van der Waals surface area contributed by atoms with E-state index >= 15 is 0 Å². The van der Waals surface area contributed by atoms with Gasteiger partial charge in [-0.3, -0.25) is 5.32 Å². The summed E-state index contributed by atoms with van der Waals surface area (Å²) < 4.78 is 0. The van der Waals surface area contributed by atoms with Gasteiger partial charge in [0.25, 0.3) is 0 Å². The van der Waals surface area contributed by atoms with Gasteiger partial charge in [-0.15, -0.1) is 11.3 Å². The average molecular weight is 283 g/mol. The van der Waals surface area contributed by atoms with E-state index in [1.807, 2.05) is 0 Å². The number of amides is 2. The van der Waals surface area contributed by atoms with Gasteiger partial charge in [-0.2, -0.15) is 0 Å². The van der Waals surface area contributed by atoms with E-state index in [1.165, 1.54) is 11.3 Å². The van der Waals surface area contributed by atoms with Crippen LogP contribution in [0.25, 0.3) is 0 Å². The summed E-state index contributed by atoms with van der Waals surface area (Å²) in [6, 6.07) is -1.33. The van der Waals surface area contributed by atoms with Crippen LogP contribution in [-0.2, 0) is 4.79 Å². The van der Waals surface area contributed by atoms with E-state index in [-0.39, 0.29) is 5.92 Å². The summed E-state index contributed by atoms with van der Waals surface area (Å²) in [5, 5.41) is 16.5. The van der Waals surface area contributed by atoms with Crippen molar-refractivity contribution in [3.05, 3.63) is 11.6 Å². The molecule has 1 atom stereocenters. The summed E-state index contributed by atoms with van der Waals surface area (Å²) in [5.74, 6) is -0.950. The first-order valence-corrected chi connectivity index (χ1v) is 7.24. The van der Waals surface area contributed by atoms with Crippen LogP contribution >= 0.6 is 11.3 Å². The normalized spacial score (nSPS) is 17.7. The molecule has 7 heteroatoms. The molecule has 1 saturated carbocycles. The molecule has 0 aliphatic heterocycles. The van der Waals surface area contributed by atoms with E-state index in [2.05, 4.69) is 15.6 Å². The number of carbonyl (C=O) groups is 2. The molecule has 19 heavy (non-hydrogen) atoms. The maximum atomic E-state index is 11.7. The van der Waals surface area contributed by atoms with Crippen LogP contribution < -0.4 is 10.6 Å². The van der Waals surface area contributed by atoms with Gasteiger partial charge >= 0.3 is 12.0 Å². The molecule has 0 radical (unpaired) electrons. The second kappa shape index (κ2) is 6.51. The van der Waals surface area contributed by atoms with Gasteiger partial charge in [-0.1, -0.05) is 19.3 Å². The zero-order chi connectivity index (χ0) is 13.7. The van der Waals surface area contributed by atoms with E-state index in [1.54, 1.807) is 11.6 Å². The number of rotatable bonds is 4. The molecule has 2 amide bonds. The van der Waals surface area contributed by atoms with Gasteiger partial charge in [-0.05, 0) is 18.8 Å². The number of aromatic nitrogens is 1. The summed E-state index contributed by atoms with van der Waals surface area (Å²) in [4.78, 5) is 27.0. The Morgan fingerprint density at radius 1 is 1.37 bits per heavy atom. The van der Waals surface area contributed by atoms with Crippen molar-refractivity contribution < 1.29 is 14.7 Å². The summed E-state index contributed by atoms with van der Waals surface area (Å²) >= 11 is 1.29. The molecule has 1 unspecified atom stereocenters. The Morgan fingerprint density at radius 2 is 2.11 bits per heavy atom. The first kappa shape index (κ1) is 13.8. The second-order valence-electron chi connectivity index (χ2n) is 4.65. The Hall–Kier alpha value is -1.63. The molecule has 2 rings (SSSR count). The van der Waals surface area contributed by atoms with Gasteiger partial charge in [0.15, 0.2) is 5.13 Å². The van der Waals surface area contributed by atoms with Gasteiger partial charge in [0.05, 0.1) is 0 Å². The molecule has 1 aliphatic carbocycles. The highest BCUT2D eigenvalue weighted by molar-refractivity contribution is 7.13. The number of hydrogen-bond donors (Lipinski definition) is 3. The minimum Gasteiger partial charge on any atom is -0.480 e. The van der Waals surface area contributed by atoms with Crippen molar-refractivity contribution >= 4 is 28.5 Å². The van der Waals surface area contributed by atoms with Crippen molar-refractivity contribution in [2.45, 2.75) is 38.1 Å². The number of anilines is 1. The zero-order valence-corrected chi connectivity index (χ0v) is 11.3. The Bertz CT molecular complexity index is 429. The quantitative estimate of drug-likeness (QED) is 0.790. The number of urea groups is 1. The van der Waals surface area contributed by atoms with Gasteiger partial charge in [0, 0.05) is 11.6 Å². The SMILES string of the molecule is O=C(Nc1nccs1)NC(C(=O)O)C1CCCCC1. The lowest BCUT2D eigenvalue weighted by Gasteiger charge is -2.27. The summed E-state index contributed by atoms with van der Waals surface area (Å²) in [7, 11) is 0. The molecule has 1 fully saturated rings. The molecule has 1 heterocycles. The third-order valence-corrected chi connectivity index (χ3v) is 4.02. The van der Waals surface area contributed by atoms with Crippen LogP contribution in [0.15, 0.2) is 11.6 Å². The number of nitrogens with one attached hydrogen (secondary N) is 2. The van der Waals surface area contributed by atoms with Crippen molar-refractivity contribution in [3.63, 3.8) is 0 Å². The highest BCUT2D eigenvalue weighted by atomic mass is 32.1. The number of carboxylic acid groups (broad SMARTS) is 1. The lowest BCUT2D eigenvalue weighted by atomic mass is 9.84. The molecule has 1 aromatic heterocycles. The fourth-order valence-corrected chi connectivity index (χ4v) is 2.93. The van der Waals surface area contributed by atoms with Crippen LogP contribution in [0, 0.1) is 5.92 Å². The highest BCUT2D eigenvalue weighted by Gasteiger charge is 2.30. The van der Waals surface area contributed by atoms with Crippen molar-refractivity contribution in [2.24, 2.45) is 5.92 Å². The van der Waals surface area contributed by atoms with Crippen molar-refractivity contribution in [1.29, 1.82) is 0 Å². The van der Waals surface area contributed by atoms with E-state index in [0.29, 0.717) is 5.13 Å². The van der Waals surface area contributed by atoms with Gasteiger partial charge < -0.3 is 10.4 Å². The van der Waals surface area contributed by atoms with Crippen molar-refractivity contribution in [3.8, 4) is 0 Å². The largest absolute Gasteiger partial charge is 0.480 e. The third-order valence-electron chi connectivity index (χ3n) is 3.33. The number of carboxylic acids is 1. The number of nitrogens with zero attached hydrogens (tertiary/aromatic N) is 1. The lowest BCUT2D eigenvalue weighted by Crippen LogP contribution is -2.48. The number of aliphatic carboxylic acids is 1. The Kier molecular flexibility index (Phi) is 4.73. The Balaban J connectivity index is 1.92. The predicted molar refractivity (Wildman–Crippen MR) is 72.3 cm³/mol. The highest BCUT2D eigenvalue weighted by Crippen LogP contribution is 2.26. The first-order valence-electron chi connectivity index (χ1n) is 6.36. The molecule has 1 aromatic rings. The smallest absolute Gasteiger partial charge is 0.326 e. The second-order valence-corrected chi connectivity index (χ2v) is 5.54. The molecular weight excluding hydrogens is 266 g/mol. The van der Waals surface area contributed by atoms with Crippen LogP contribution in [0.2, 0.25) is 0 Å². The van der Waals surface area contributed by atoms with Gasteiger partial charge in [0.1, 0.15) is 6.04 Å². The molecule has 0 spiro atoms. The molecule has 0 aromatic carbocycles. The molecule has 0 saturated heterocycles. The fraction of sp³-hybridized carbons (Fsp3) is 0.583. The summed E-state index contributed by atoms with van der Waals surface area (Å²) in [6.07, 6.45) is 6.50. The summed E-state index contributed by atoms with van der Waals surface area (Å²) in [5.41, 5.74) is 0. The minimum absolute atomic E-state index is 0.0216. The number of hydrogen-bond acceptors (Lipinski definition) is 4. The topological polar surface area (TPSA) is 91.3 Å². The maximum Gasteiger partial charge on any atom is 0.326 e. The zero-order valence-electron chi connectivity index (χ0n) is 10.5. The average Bonchev–Trinajstić information content (AvgIpc) is 2.89. The maximum absolute atomic E-state index is 11.7. The van der Waals surface area contributed by atoms with Crippen molar-refractivity contribution in [2.75, 3.05) is 5.32 Å². The molecule has 1 aliphatic rings. The van der Waals surface area contributed by atoms with Crippen LogP contribution in [-0.4, -0.2) is 28.1 Å². The predicted octanol–water partition coefficient (Wildman–Crippen LogP) is 2.30. The van der Waals surface area contributed by atoms with Crippen molar-refractivity contribution in [1.82, 2.24) is 10.3 Å². The standard InChI is InChI=1S/C12H17N3O3S/c16-10(17)9(8-4-2-1-3-5-8)14-11(18)15-12-13-6-7-19-12/h6-9H,1-5H2,(H,16,17)(H2,13,14,15,18). The number of carbonyl (C=O) groups excluding carboxylic acids is 1. The third kappa shape index (κ3) is 3.92. The minimum atomic E-state index is -0.971. The first-order chi connectivity index (χ1) is 9.16. The molecular formula is C12H17N3O3S. The summed E-state index contributed by atoms with van der Waals surface area (Å²) in [6.45, 7) is 0. The lowest BCUT2D eigenvalue weighted by molar-refractivity contribution is -0.141. The monoisotopic (exact) mass is 283 g/mol. The molecule has 0 bridgehead atoms. The van der Waals surface area contributed by atoms with Crippen LogP contribution in [0.3, 0.4) is 0 Å². The number of thiazole rings is 1. The molecule has 6 nitrogen and oxygen atoms in total. The van der Waals surface area contributed by atoms with Crippen LogP contribution in [0.5, 0.6) is 0 Å². The van der Waals surface area contributed by atoms with E-state index in [4.69, 9.17) is 0 Å². The van der Waals surface area contributed by atoms with Gasteiger partial charge in [0.2, 0.25) is 0 Å². The van der Waals surface area contributed by atoms with E-state index in [9.17, 15) is 14.7 Å². The van der Waals surface area contributed by atoms with Crippen LogP contribution in [0.1, 0.15) is 32.1 Å². The van der Waals surface area contributed by atoms with Gasteiger partial charge in [-0.25, -0.2) is 14.6 Å². The van der Waals surface area contributed by atoms with Crippen LogP contribution in [0.4, 0.5) is 9.93 Å².